The fraction of sp³-hybridized carbons (Fsp3) is 0.667. The molecule has 6 heteroatoms. The van der Waals surface area contributed by atoms with E-state index in [4.69, 9.17) is 0 Å². The van der Waals surface area contributed by atoms with Gasteiger partial charge in [0.25, 0.3) is 0 Å². The van der Waals surface area contributed by atoms with Crippen LogP contribution in [0, 0.1) is 0 Å². The van der Waals surface area contributed by atoms with Gasteiger partial charge in [0.2, 0.25) is 10.0 Å². The van der Waals surface area contributed by atoms with Gasteiger partial charge in [-0.2, -0.15) is 4.31 Å². The predicted octanol–water partition coefficient (Wildman–Crippen LogP) is 2.07. The molecule has 4 nitrogen and oxygen atoms in total. The van der Waals surface area contributed by atoms with Crippen LogP contribution in [0.15, 0.2) is 17.5 Å². The summed E-state index contributed by atoms with van der Waals surface area (Å²) in [7, 11) is -1.54. The lowest BCUT2D eigenvalue weighted by molar-refractivity contribution is 0.402. The van der Waals surface area contributed by atoms with E-state index in [1.807, 2.05) is 24.4 Å². The van der Waals surface area contributed by atoms with E-state index in [-0.39, 0.29) is 11.8 Å². The van der Waals surface area contributed by atoms with Crippen LogP contribution in [0.3, 0.4) is 0 Å². The average Bonchev–Trinajstić information content (AvgIpc) is 2.86. The minimum absolute atomic E-state index is 0.0961. The van der Waals surface area contributed by atoms with Crippen molar-refractivity contribution < 1.29 is 8.42 Å². The van der Waals surface area contributed by atoms with Gasteiger partial charge in [-0.3, -0.25) is 0 Å². The molecule has 1 aromatic rings. The lowest BCUT2D eigenvalue weighted by Gasteiger charge is -2.23. The van der Waals surface area contributed by atoms with E-state index in [0.717, 1.165) is 17.8 Å². The molecular formula is C12H22N2O2S2. The molecule has 0 saturated heterocycles. The number of nitrogens with zero attached hydrogens (tertiary/aromatic N) is 1. The van der Waals surface area contributed by atoms with Crippen molar-refractivity contribution >= 4 is 21.4 Å². The van der Waals surface area contributed by atoms with Crippen molar-refractivity contribution in [2.75, 3.05) is 25.9 Å². The summed E-state index contributed by atoms with van der Waals surface area (Å²) in [4.78, 5) is 1.07. The summed E-state index contributed by atoms with van der Waals surface area (Å²) < 4.78 is 25.7. The summed E-state index contributed by atoms with van der Waals surface area (Å²) in [5.74, 6) is 0.152. The molecule has 0 saturated carbocycles. The standard InChI is InChI=1S/C12H22N2O2S2/c1-4-7-13-8-10-18(15,16)14(3)11(2)12-6-5-9-17-12/h5-6,9,11,13H,4,7-8,10H2,1-3H3. The van der Waals surface area contributed by atoms with Crippen molar-refractivity contribution in [3.63, 3.8) is 0 Å². The Kier molecular flexibility index (Phi) is 6.28. The predicted molar refractivity (Wildman–Crippen MR) is 77.4 cm³/mol. The zero-order valence-electron chi connectivity index (χ0n) is 11.2. The van der Waals surface area contributed by atoms with E-state index >= 15 is 0 Å². The Morgan fingerprint density at radius 3 is 2.72 bits per heavy atom. The zero-order valence-corrected chi connectivity index (χ0v) is 12.9. The van der Waals surface area contributed by atoms with Crippen molar-refractivity contribution in [3.05, 3.63) is 22.4 Å². The van der Waals surface area contributed by atoms with Crippen LogP contribution in [-0.2, 0) is 10.0 Å². The number of hydrogen-bond donors (Lipinski definition) is 1. The molecule has 1 heterocycles. The third-order valence-electron chi connectivity index (χ3n) is 2.90. The van der Waals surface area contributed by atoms with Gasteiger partial charge >= 0.3 is 0 Å². The summed E-state index contributed by atoms with van der Waals surface area (Å²) in [5, 5.41) is 5.08. The maximum atomic E-state index is 12.1. The first-order valence-electron chi connectivity index (χ1n) is 6.19. The van der Waals surface area contributed by atoms with Crippen molar-refractivity contribution in [1.29, 1.82) is 0 Å². The summed E-state index contributed by atoms with van der Waals surface area (Å²) in [6.45, 7) is 5.35. The van der Waals surface area contributed by atoms with Crippen LogP contribution in [0.1, 0.15) is 31.2 Å². The molecule has 0 aliphatic rings. The minimum Gasteiger partial charge on any atom is -0.316 e. The molecule has 0 aliphatic heterocycles. The van der Waals surface area contributed by atoms with E-state index in [2.05, 4.69) is 12.2 Å². The number of rotatable bonds is 8. The van der Waals surface area contributed by atoms with Crippen molar-refractivity contribution in [3.8, 4) is 0 Å². The molecule has 1 N–H and O–H groups in total. The van der Waals surface area contributed by atoms with Gasteiger partial charge in [0.1, 0.15) is 0 Å². The Hall–Kier alpha value is -0.430. The Balaban J connectivity index is 2.56. The molecule has 0 spiro atoms. The molecule has 0 radical (unpaired) electrons. The number of thiophene rings is 1. The van der Waals surface area contributed by atoms with Gasteiger partial charge < -0.3 is 5.32 Å². The Bertz CT molecular complexity index is 429. The second-order valence-corrected chi connectivity index (χ2v) is 7.40. The highest BCUT2D eigenvalue weighted by Crippen LogP contribution is 2.25. The summed E-state index contributed by atoms with van der Waals surface area (Å²) in [5.41, 5.74) is 0. The molecule has 0 aliphatic carbocycles. The monoisotopic (exact) mass is 290 g/mol. The van der Waals surface area contributed by atoms with E-state index in [0.29, 0.717) is 6.54 Å². The maximum Gasteiger partial charge on any atom is 0.215 e. The van der Waals surface area contributed by atoms with Crippen LogP contribution in [0.5, 0.6) is 0 Å². The second kappa shape index (κ2) is 7.23. The first kappa shape index (κ1) is 15.6. The molecule has 18 heavy (non-hydrogen) atoms. The van der Waals surface area contributed by atoms with Gasteiger partial charge in [-0.1, -0.05) is 13.0 Å². The van der Waals surface area contributed by atoms with Crippen LogP contribution in [0.25, 0.3) is 0 Å². The van der Waals surface area contributed by atoms with E-state index in [1.54, 1.807) is 18.4 Å². The zero-order chi connectivity index (χ0) is 13.6. The number of hydrogen-bond acceptors (Lipinski definition) is 4. The molecule has 1 aromatic heterocycles. The van der Waals surface area contributed by atoms with Crippen LogP contribution >= 0.6 is 11.3 Å². The van der Waals surface area contributed by atoms with E-state index < -0.39 is 10.0 Å². The van der Waals surface area contributed by atoms with Gasteiger partial charge in [-0.25, -0.2) is 8.42 Å². The Morgan fingerprint density at radius 2 is 2.17 bits per heavy atom. The van der Waals surface area contributed by atoms with Gasteiger partial charge in [0.05, 0.1) is 11.8 Å². The van der Waals surface area contributed by atoms with Gasteiger partial charge in [0, 0.05) is 18.5 Å². The van der Waals surface area contributed by atoms with E-state index in [1.165, 1.54) is 4.31 Å². The molecule has 1 atom stereocenters. The highest BCUT2D eigenvalue weighted by atomic mass is 32.2. The third kappa shape index (κ3) is 4.35. The highest BCUT2D eigenvalue weighted by molar-refractivity contribution is 7.89. The summed E-state index contributed by atoms with van der Waals surface area (Å²) >= 11 is 1.59. The molecule has 0 bridgehead atoms. The van der Waals surface area contributed by atoms with Gasteiger partial charge in [-0.15, -0.1) is 11.3 Å². The second-order valence-electron chi connectivity index (χ2n) is 4.27. The SMILES string of the molecule is CCCNCCS(=O)(=O)N(C)C(C)c1cccs1. The quantitative estimate of drug-likeness (QED) is 0.746. The molecule has 104 valence electrons. The van der Waals surface area contributed by atoms with Gasteiger partial charge in [-0.05, 0) is 31.3 Å². The molecule has 1 unspecified atom stereocenters. The average molecular weight is 290 g/mol. The smallest absolute Gasteiger partial charge is 0.215 e. The van der Waals surface area contributed by atoms with E-state index in [9.17, 15) is 8.42 Å². The topological polar surface area (TPSA) is 49.4 Å². The lowest BCUT2D eigenvalue weighted by atomic mass is 10.3. The molecule has 0 amide bonds. The highest BCUT2D eigenvalue weighted by Gasteiger charge is 2.24. The number of nitrogens with one attached hydrogen (secondary N) is 1. The first-order valence-corrected chi connectivity index (χ1v) is 8.67. The number of sulfonamides is 1. The lowest BCUT2D eigenvalue weighted by Crippen LogP contribution is -2.35. The molecule has 1 rings (SSSR count). The van der Waals surface area contributed by atoms with Crippen LogP contribution in [0.2, 0.25) is 0 Å². The largest absolute Gasteiger partial charge is 0.316 e. The maximum absolute atomic E-state index is 12.1. The van der Waals surface area contributed by atoms with Crippen LogP contribution in [0.4, 0.5) is 0 Å². The van der Waals surface area contributed by atoms with Crippen LogP contribution in [-0.4, -0.2) is 38.6 Å². The third-order valence-corrected chi connectivity index (χ3v) is 5.86. The fourth-order valence-corrected chi connectivity index (χ4v) is 3.77. The van der Waals surface area contributed by atoms with Crippen molar-refractivity contribution in [2.45, 2.75) is 26.3 Å². The Morgan fingerprint density at radius 1 is 1.44 bits per heavy atom. The normalized spacial score (nSPS) is 14.0. The summed E-state index contributed by atoms with van der Waals surface area (Å²) in [6.07, 6.45) is 1.02. The Labute approximate surface area is 114 Å². The van der Waals surface area contributed by atoms with Crippen molar-refractivity contribution in [1.82, 2.24) is 9.62 Å². The first-order chi connectivity index (χ1) is 8.49. The molecular weight excluding hydrogens is 268 g/mol. The summed E-state index contributed by atoms with van der Waals surface area (Å²) in [6, 6.07) is 3.82. The van der Waals surface area contributed by atoms with Gasteiger partial charge in [0.15, 0.2) is 0 Å². The molecule has 0 aromatic carbocycles. The minimum atomic E-state index is -3.19. The molecule has 0 fully saturated rings. The van der Waals surface area contributed by atoms with Crippen LogP contribution < -0.4 is 5.32 Å². The fourth-order valence-electron chi connectivity index (χ4n) is 1.60. The van der Waals surface area contributed by atoms with Crippen molar-refractivity contribution in [2.24, 2.45) is 0 Å².